The van der Waals surface area contributed by atoms with Crippen molar-refractivity contribution in [2.45, 2.75) is 18.4 Å². The second-order valence-corrected chi connectivity index (χ2v) is 5.08. The zero-order chi connectivity index (χ0) is 10.3. The van der Waals surface area contributed by atoms with Crippen molar-refractivity contribution in [3.05, 3.63) is 17.8 Å². The van der Waals surface area contributed by atoms with Gasteiger partial charge in [-0.1, -0.05) is 0 Å². The Morgan fingerprint density at radius 1 is 1.47 bits per heavy atom. The summed E-state index contributed by atoms with van der Waals surface area (Å²) in [4.78, 5) is 8.49. The number of alkyl halides is 1. The number of anilines is 1. The third-order valence-electron chi connectivity index (χ3n) is 2.74. The largest absolute Gasteiger partial charge is 0.362 e. The van der Waals surface area contributed by atoms with E-state index >= 15 is 0 Å². The predicted octanol–water partition coefficient (Wildman–Crippen LogP) is 2.87. The smallest absolute Gasteiger partial charge is 0.147 e. The Balaban J connectivity index is 2.00. The van der Waals surface area contributed by atoms with Gasteiger partial charge in [-0.25, -0.2) is 9.97 Å². The van der Waals surface area contributed by atoms with Crippen LogP contribution in [-0.2, 0) is 0 Å². The van der Waals surface area contributed by atoms with E-state index in [0.717, 1.165) is 28.9 Å². The second-order valence-electron chi connectivity index (χ2n) is 3.90. The summed E-state index contributed by atoms with van der Waals surface area (Å²) in [5.74, 6) is 1.57. The molecular weight excluding hydrogens is 230 g/mol. The van der Waals surface area contributed by atoms with Crippen molar-refractivity contribution in [3.63, 3.8) is 0 Å². The maximum Gasteiger partial charge on any atom is 0.147 e. The quantitative estimate of drug-likeness (QED) is 0.837. The molecule has 2 aromatic heterocycles. The number of rotatable bonds is 3. The Morgan fingerprint density at radius 3 is 3.07 bits per heavy atom. The highest BCUT2D eigenvalue weighted by molar-refractivity contribution is 7.17. The molecule has 1 N–H and O–H groups in total. The van der Waals surface area contributed by atoms with E-state index in [4.69, 9.17) is 11.6 Å². The van der Waals surface area contributed by atoms with E-state index in [2.05, 4.69) is 15.3 Å². The molecule has 3 nitrogen and oxygen atoms in total. The Labute approximate surface area is 96.5 Å². The molecule has 0 unspecified atom stereocenters. The molecule has 1 aliphatic carbocycles. The second kappa shape index (κ2) is 3.32. The van der Waals surface area contributed by atoms with E-state index in [9.17, 15) is 0 Å². The lowest BCUT2D eigenvalue weighted by Crippen LogP contribution is -2.23. The van der Waals surface area contributed by atoms with Crippen LogP contribution in [0.15, 0.2) is 17.8 Å². The number of nitrogens with one attached hydrogen (secondary N) is 1. The lowest BCUT2D eigenvalue weighted by molar-refractivity contribution is 0.831. The van der Waals surface area contributed by atoms with Crippen LogP contribution in [0.5, 0.6) is 0 Å². The summed E-state index contributed by atoms with van der Waals surface area (Å²) in [6.07, 6.45) is 3.86. The Hall–Kier alpha value is -0.870. The Bertz CT molecular complexity index is 492. The van der Waals surface area contributed by atoms with Gasteiger partial charge in [-0.3, -0.25) is 0 Å². The van der Waals surface area contributed by atoms with Gasteiger partial charge in [-0.2, -0.15) is 0 Å². The first-order chi connectivity index (χ1) is 7.33. The molecule has 1 fully saturated rings. The average Bonchev–Trinajstić information content (AvgIpc) is 2.87. The van der Waals surface area contributed by atoms with E-state index in [1.165, 1.54) is 0 Å². The molecule has 0 spiro atoms. The molecule has 3 rings (SSSR count). The minimum Gasteiger partial charge on any atom is -0.362 e. The normalized spacial score (nSPS) is 17.9. The first-order valence-electron chi connectivity index (χ1n) is 4.85. The van der Waals surface area contributed by atoms with Crippen LogP contribution < -0.4 is 5.32 Å². The fraction of sp³-hybridized carbons (Fsp3) is 0.400. The average molecular weight is 240 g/mol. The monoisotopic (exact) mass is 239 g/mol. The lowest BCUT2D eigenvalue weighted by Gasteiger charge is -2.14. The fourth-order valence-corrected chi connectivity index (χ4v) is 2.70. The van der Waals surface area contributed by atoms with E-state index in [0.29, 0.717) is 5.88 Å². The molecule has 2 heterocycles. The van der Waals surface area contributed by atoms with Gasteiger partial charge in [-0.05, 0) is 24.3 Å². The van der Waals surface area contributed by atoms with Gasteiger partial charge in [0.15, 0.2) is 0 Å². The third-order valence-corrected chi connectivity index (χ3v) is 4.16. The minimum atomic E-state index is 0.0901. The number of hydrogen-bond acceptors (Lipinski definition) is 4. The van der Waals surface area contributed by atoms with Crippen LogP contribution in [0.4, 0.5) is 5.82 Å². The van der Waals surface area contributed by atoms with Crippen LogP contribution in [0.2, 0.25) is 0 Å². The van der Waals surface area contributed by atoms with Crippen molar-refractivity contribution in [1.29, 1.82) is 0 Å². The minimum absolute atomic E-state index is 0.0901. The standard InChI is InChI=1S/C10H10ClN3S/c11-5-10(2-3-10)14-9-8-7(1-4-15-8)12-6-13-9/h1,4,6H,2-3,5H2,(H,12,13,14). The summed E-state index contributed by atoms with van der Waals surface area (Å²) in [5, 5.41) is 5.47. The summed E-state index contributed by atoms with van der Waals surface area (Å²) in [6, 6.07) is 2.01. The number of aromatic nitrogens is 2. The molecule has 0 radical (unpaired) electrons. The molecule has 0 atom stereocenters. The number of nitrogens with zero attached hydrogens (tertiary/aromatic N) is 2. The molecule has 5 heteroatoms. The lowest BCUT2D eigenvalue weighted by atomic mass is 10.3. The summed E-state index contributed by atoms with van der Waals surface area (Å²) < 4.78 is 1.12. The van der Waals surface area contributed by atoms with Crippen molar-refractivity contribution in [2.75, 3.05) is 11.2 Å². The predicted molar refractivity (Wildman–Crippen MR) is 63.7 cm³/mol. The third kappa shape index (κ3) is 1.58. The first-order valence-corrected chi connectivity index (χ1v) is 6.27. The maximum atomic E-state index is 5.93. The molecular formula is C10H10ClN3S. The van der Waals surface area contributed by atoms with Gasteiger partial charge in [0.05, 0.1) is 15.8 Å². The summed E-state index contributed by atoms with van der Waals surface area (Å²) in [5.41, 5.74) is 1.09. The molecule has 2 aromatic rings. The van der Waals surface area contributed by atoms with Crippen molar-refractivity contribution in [3.8, 4) is 0 Å². The SMILES string of the molecule is ClCC1(Nc2ncnc3ccsc23)CC1. The van der Waals surface area contributed by atoms with Crippen LogP contribution >= 0.6 is 22.9 Å². The van der Waals surface area contributed by atoms with Gasteiger partial charge >= 0.3 is 0 Å². The molecule has 0 aliphatic heterocycles. The number of fused-ring (bicyclic) bond motifs is 1. The topological polar surface area (TPSA) is 37.8 Å². The van der Waals surface area contributed by atoms with Gasteiger partial charge in [0.25, 0.3) is 0 Å². The van der Waals surface area contributed by atoms with E-state index in [1.54, 1.807) is 17.7 Å². The highest BCUT2D eigenvalue weighted by Gasteiger charge is 2.42. The zero-order valence-electron chi connectivity index (χ0n) is 8.03. The van der Waals surface area contributed by atoms with Crippen LogP contribution in [0.25, 0.3) is 10.2 Å². The van der Waals surface area contributed by atoms with Crippen molar-refractivity contribution in [1.82, 2.24) is 9.97 Å². The van der Waals surface area contributed by atoms with Crippen molar-refractivity contribution < 1.29 is 0 Å². The van der Waals surface area contributed by atoms with Crippen molar-refractivity contribution in [2.24, 2.45) is 0 Å². The molecule has 1 aliphatic rings. The number of halogens is 1. The highest BCUT2D eigenvalue weighted by atomic mass is 35.5. The Morgan fingerprint density at radius 2 is 2.33 bits per heavy atom. The molecule has 0 saturated heterocycles. The first kappa shape index (κ1) is 9.36. The molecule has 15 heavy (non-hydrogen) atoms. The molecule has 0 aromatic carbocycles. The highest BCUT2D eigenvalue weighted by Crippen LogP contribution is 2.41. The molecule has 78 valence electrons. The van der Waals surface area contributed by atoms with Crippen LogP contribution in [-0.4, -0.2) is 21.4 Å². The van der Waals surface area contributed by atoms with Gasteiger partial charge in [0.2, 0.25) is 0 Å². The summed E-state index contributed by atoms with van der Waals surface area (Å²) >= 11 is 7.59. The Kier molecular flexibility index (Phi) is 2.07. The fourth-order valence-electron chi connectivity index (χ4n) is 1.57. The molecule has 0 amide bonds. The zero-order valence-corrected chi connectivity index (χ0v) is 9.61. The maximum absolute atomic E-state index is 5.93. The van der Waals surface area contributed by atoms with E-state index in [-0.39, 0.29) is 5.54 Å². The summed E-state index contributed by atoms with van der Waals surface area (Å²) in [6.45, 7) is 0. The van der Waals surface area contributed by atoms with Gasteiger partial charge < -0.3 is 5.32 Å². The summed E-state index contributed by atoms with van der Waals surface area (Å²) in [7, 11) is 0. The van der Waals surface area contributed by atoms with Crippen LogP contribution in [0.3, 0.4) is 0 Å². The van der Waals surface area contributed by atoms with Crippen molar-refractivity contribution >= 4 is 39.0 Å². The molecule has 1 saturated carbocycles. The number of thiophene rings is 1. The van der Waals surface area contributed by atoms with E-state index < -0.39 is 0 Å². The van der Waals surface area contributed by atoms with Gasteiger partial charge in [-0.15, -0.1) is 22.9 Å². The van der Waals surface area contributed by atoms with Gasteiger partial charge in [0, 0.05) is 5.88 Å². The number of hydrogen-bond donors (Lipinski definition) is 1. The van der Waals surface area contributed by atoms with E-state index in [1.807, 2.05) is 11.4 Å². The van der Waals surface area contributed by atoms with Gasteiger partial charge in [0.1, 0.15) is 12.1 Å². The molecule has 0 bridgehead atoms. The van der Waals surface area contributed by atoms with Crippen LogP contribution in [0, 0.1) is 0 Å². The van der Waals surface area contributed by atoms with Crippen LogP contribution in [0.1, 0.15) is 12.8 Å².